The lowest BCUT2D eigenvalue weighted by atomic mass is 9.97. The summed E-state index contributed by atoms with van der Waals surface area (Å²) in [6.45, 7) is 0. The summed E-state index contributed by atoms with van der Waals surface area (Å²) in [4.78, 5) is 2.45. The van der Waals surface area contributed by atoms with Gasteiger partial charge < -0.3 is 4.90 Å². The predicted octanol–water partition coefficient (Wildman–Crippen LogP) is 12.5. The van der Waals surface area contributed by atoms with Crippen molar-refractivity contribution in [3.8, 4) is 33.4 Å². The SMILES string of the molecule is c1ccc(-c2ccc(N(c3ccc(-c4ccccc4)cc3)c3c(-c4ccccc4)ccc4sc5ccccc5c34)cc2)cc1. The van der Waals surface area contributed by atoms with E-state index in [1.54, 1.807) is 0 Å². The Morgan fingerprint density at radius 3 is 1.34 bits per heavy atom. The number of hydrogen-bond acceptors (Lipinski definition) is 2. The molecule has 0 aliphatic heterocycles. The van der Waals surface area contributed by atoms with Gasteiger partial charge in [-0.1, -0.05) is 140 Å². The molecule has 0 saturated carbocycles. The molecule has 0 bridgehead atoms. The molecule has 1 heterocycles. The Balaban J connectivity index is 1.39. The molecule has 0 amide bonds. The fraction of sp³-hybridized carbons (Fsp3) is 0. The van der Waals surface area contributed by atoms with E-state index in [0.717, 1.165) is 11.4 Å². The maximum atomic E-state index is 2.45. The van der Waals surface area contributed by atoms with E-state index in [0.29, 0.717) is 0 Å². The average molecular weight is 580 g/mol. The highest BCUT2D eigenvalue weighted by Gasteiger charge is 2.23. The molecular formula is C42H29NS. The average Bonchev–Trinajstić information content (AvgIpc) is 3.49. The molecule has 0 spiro atoms. The molecule has 8 aromatic rings. The number of nitrogens with zero attached hydrogens (tertiary/aromatic N) is 1. The fourth-order valence-corrected chi connectivity index (χ4v) is 7.26. The smallest absolute Gasteiger partial charge is 0.0633 e. The molecule has 0 saturated heterocycles. The van der Waals surface area contributed by atoms with Crippen LogP contribution in [0.15, 0.2) is 176 Å². The van der Waals surface area contributed by atoms with Crippen LogP contribution in [0.3, 0.4) is 0 Å². The van der Waals surface area contributed by atoms with Crippen molar-refractivity contribution in [2.45, 2.75) is 0 Å². The molecule has 0 atom stereocenters. The zero-order chi connectivity index (χ0) is 29.3. The van der Waals surface area contributed by atoms with Crippen molar-refractivity contribution in [2.75, 3.05) is 4.90 Å². The highest BCUT2D eigenvalue weighted by molar-refractivity contribution is 7.26. The van der Waals surface area contributed by atoms with Crippen molar-refractivity contribution in [1.82, 2.24) is 0 Å². The van der Waals surface area contributed by atoms with E-state index in [2.05, 4.69) is 181 Å². The molecule has 1 nitrogen and oxygen atoms in total. The standard InChI is InChI=1S/C42H29NS/c1-4-12-30(13-5-1)32-20-24-35(25-21-32)43(36-26-22-33(23-27-36)31-14-6-2-7-15-31)42-37(34-16-8-3-9-17-34)28-29-40-41(42)38-18-10-11-19-39(38)44-40/h1-29H. The molecule has 2 heteroatoms. The van der Waals surface area contributed by atoms with E-state index in [1.165, 1.54) is 59.2 Å². The second kappa shape index (κ2) is 11.3. The van der Waals surface area contributed by atoms with Crippen molar-refractivity contribution in [3.05, 3.63) is 176 Å². The Morgan fingerprint density at radius 2 is 0.795 bits per heavy atom. The number of fused-ring (bicyclic) bond motifs is 3. The topological polar surface area (TPSA) is 3.24 Å². The maximum absolute atomic E-state index is 2.45. The van der Waals surface area contributed by atoms with E-state index in [-0.39, 0.29) is 0 Å². The van der Waals surface area contributed by atoms with Crippen LogP contribution in [-0.4, -0.2) is 0 Å². The monoisotopic (exact) mass is 579 g/mol. The molecule has 0 radical (unpaired) electrons. The Kier molecular flexibility index (Phi) is 6.75. The number of rotatable bonds is 6. The Bertz CT molecular complexity index is 2100. The number of thiophene rings is 1. The summed E-state index contributed by atoms with van der Waals surface area (Å²) in [6.07, 6.45) is 0. The molecule has 8 rings (SSSR count). The molecular weight excluding hydrogens is 551 g/mol. The summed E-state index contributed by atoms with van der Waals surface area (Å²) in [5.41, 5.74) is 10.7. The maximum Gasteiger partial charge on any atom is 0.0633 e. The zero-order valence-electron chi connectivity index (χ0n) is 24.1. The summed E-state index contributed by atoms with van der Waals surface area (Å²) >= 11 is 1.86. The largest absolute Gasteiger partial charge is 0.309 e. The first-order valence-electron chi connectivity index (χ1n) is 14.9. The second-order valence-electron chi connectivity index (χ2n) is 11.0. The molecule has 1 aromatic heterocycles. The molecule has 0 unspecified atom stereocenters. The summed E-state index contributed by atoms with van der Waals surface area (Å²) < 4.78 is 2.58. The summed E-state index contributed by atoms with van der Waals surface area (Å²) in [5.74, 6) is 0. The van der Waals surface area contributed by atoms with E-state index in [9.17, 15) is 0 Å². The Morgan fingerprint density at radius 1 is 0.341 bits per heavy atom. The quantitative estimate of drug-likeness (QED) is 0.189. The Labute approximate surface area is 261 Å². The van der Waals surface area contributed by atoms with Gasteiger partial charge in [-0.3, -0.25) is 0 Å². The highest BCUT2D eigenvalue weighted by atomic mass is 32.1. The fourth-order valence-electron chi connectivity index (χ4n) is 6.16. The third-order valence-corrected chi connectivity index (χ3v) is 9.43. The zero-order valence-corrected chi connectivity index (χ0v) is 24.9. The van der Waals surface area contributed by atoms with E-state index in [4.69, 9.17) is 0 Å². The summed E-state index contributed by atoms with van der Waals surface area (Å²) in [5, 5.41) is 2.57. The van der Waals surface area contributed by atoms with Gasteiger partial charge in [0.25, 0.3) is 0 Å². The van der Waals surface area contributed by atoms with E-state index >= 15 is 0 Å². The number of hydrogen-bond donors (Lipinski definition) is 0. The third kappa shape index (κ3) is 4.76. The normalized spacial score (nSPS) is 11.2. The van der Waals surface area contributed by atoms with Crippen LogP contribution in [0.1, 0.15) is 0 Å². The molecule has 208 valence electrons. The Hall–Kier alpha value is -5.44. The number of benzene rings is 7. The van der Waals surface area contributed by atoms with Gasteiger partial charge in [0.2, 0.25) is 0 Å². The molecule has 0 aliphatic rings. The van der Waals surface area contributed by atoms with Gasteiger partial charge in [0, 0.05) is 37.1 Å². The number of anilines is 3. The first-order chi connectivity index (χ1) is 21.8. The third-order valence-electron chi connectivity index (χ3n) is 8.29. The first-order valence-corrected chi connectivity index (χ1v) is 15.8. The van der Waals surface area contributed by atoms with Crippen LogP contribution in [0.25, 0.3) is 53.6 Å². The van der Waals surface area contributed by atoms with Gasteiger partial charge in [0.05, 0.1) is 5.69 Å². The molecule has 7 aromatic carbocycles. The van der Waals surface area contributed by atoms with E-state index in [1.807, 2.05) is 11.3 Å². The minimum atomic E-state index is 1.12. The van der Waals surface area contributed by atoms with Crippen LogP contribution >= 0.6 is 11.3 Å². The lowest BCUT2D eigenvalue weighted by Crippen LogP contribution is -2.11. The van der Waals surface area contributed by atoms with Crippen LogP contribution in [0.4, 0.5) is 17.1 Å². The summed E-state index contributed by atoms with van der Waals surface area (Å²) in [7, 11) is 0. The van der Waals surface area contributed by atoms with Gasteiger partial charge >= 0.3 is 0 Å². The van der Waals surface area contributed by atoms with Crippen LogP contribution in [0.5, 0.6) is 0 Å². The lowest BCUT2D eigenvalue weighted by molar-refractivity contribution is 1.30. The van der Waals surface area contributed by atoms with Crippen molar-refractivity contribution >= 4 is 48.6 Å². The van der Waals surface area contributed by atoms with Crippen LogP contribution < -0.4 is 4.90 Å². The van der Waals surface area contributed by atoms with Crippen LogP contribution in [-0.2, 0) is 0 Å². The molecule has 0 aliphatic carbocycles. The van der Waals surface area contributed by atoms with Crippen molar-refractivity contribution in [1.29, 1.82) is 0 Å². The van der Waals surface area contributed by atoms with Crippen molar-refractivity contribution in [3.63, 3.8) is 0 Å². The van der Waals surface area contributed by atoms with Gasteiger partial charge in [-0.15, -0.1) is 11.3 Å². The minimum absolute atomic E-state index is 1.12. The molecule has 0 N–H and O–H groups in total. The van der Waals surface area contributed by atoms with Crippen molar-refractivity contribution < 1.29 is 0 Å². The van der Waals surface area contributed by atoms with Crippen LogP contribution in [0.2, 0.25) is 0 Å². The van der Waals surface area contributed by atoms with Gasteiger partial charge in [0.15, 0.2) is 0 Å². The van der Waals surface area contributed by atoms with Gasteiger partial charge in [0.1, 0.15) is 0 Å². The first kappa shape index (κ1) is 26.2. The van der Waals surface area contributed by atoms with Crippen molar-refractivity contribution in [2.24, 2.45) is 0 Å². The molecule has 44 heavy (non-hydrogen) atoms. The predicted molar refractivity (Wildman–Crippen MR) is 190 cm³/mol. The lowest BCUT2D eigenvalue weighted by Gasteiger charge is -2.29. The van der Waals surface area contributed by atoms with Gasteiger partial charge in [-0.05, 0) is 64.2 Å². The second-order valence-corrected chi connectivity index (χ2v) is 12.0. The van der Waals surface area contributed by atoms with Gasteiger partial charge in [-0.25, -0.2) is 0 Å². The van der Waals surface area contributed by atoms with E-state index < -0.39 is 0 Å². The van der Waals surface area contributed by atoms with Crippen LogP contribution in [0, 0.1) is 0 Å². The van der Waals surface area contributed by atoms with Gasteiger partial charge in [-0.2, -0.15) is 0 Å². The molecule has 0 fully saturated rings. The summed E-state index contributed by atoms with van der Waals surface area (Å²) in [6, 6.07) is 63.3. The highest BCUT2D eigenvalue weighted by Crippen LogP contribution is 2.49. The minimum Gasteiger partial charge on any atom is -0.309 e.